The van der Waals surface area contributed by atoms with E-state index in [1.165, 1.54) is 19.3 Å². The van der Waals surface area contributed by atoms with Gasteiger partial charge in [-0.1, -0.05) is 59.6 Å². The molecule has 1 N–H and O–H groups in total. The first kappa shape index (κ1) is 20.9. The number of hydrogen-bond donors (Lipinski definition) is 1. The molecular formula is C25H26Cl2N2O. The van der Waals surface area contributed by atoms with E-state index in [4.69, 9.17) is 27.9 Å². The lowest BCUT2D eigenvalue weighted by atomic mass is 10.1. The largest absolute Gasteiger partial charge is 0.487 e. The number of halogens is 2. The van der Waals surface area contributed by atoms with Crippen LogP contribution in [0.25, 0.3) is 0 Å². The summed E-state index contributed by atoms with van der Waals surface area (Å²) in [7, 11) is 0. The highest BCUT2D eigenvalue weighted by Crippen LogP contribution is 2.31. The van der Waals surface area contributed by atoms with E-state index in [1.807, 2.05) is 54.6 Å². The van der Waals surface area contributed by atoms with Crippen molar-refractivity contribution >= 4 is 34.6 Å². The third kappa shape index (κ3) is 5.41. The molecule has 0 unspecified atom stereocenters. The van der Waals surface area contributed by atoms with Gasteiger partial charge in [-0.3, -0.25) is 0 Å². The predicted octanol–water partition coefficient (Wildman–Crippen LogP) is 7.17. The molecule has 3 aromatic rings. The van der Waals surface area contributed by atoms with Crippen molar-refractivity contribution < 1.29 is 4.74 Å². The van der Waals surface area contributed by atoms with Gasteiger partial charge in [-0.2, -0.15) is 0 Å². The van der Waals surface area contributed by atoms with Gasteiger partial charge in [0.15, 0.2) is 0 Å². The van der Waals surface area contributed by atoms with Crippen molar-refractivity contribution in [3.63, 3.8) is 0 Å². The maximum absolute atomic E-state index is 6.56. The van der Waals surface area contributed by atoms with Gasteiger partial charge in [0.25, 0.3) is 0 Å². The third-order valence-electron chi connectivity index (χ3n) is 5.37. The number of benzene rings is 3. The Kier molecular flexibility index (Phi) is 7.03. The number of anilines is 2. The van der Waals surface area contributed by atoms with Crippen LogP contribution in [-0.4, -0.2) is 13.1 Å². The van der Waals surface area contributed by atoms with Gasteiger partial charge in [0.05, 0.1) is 15.7 Å². The van der Waals surface area contributed by atoms with E-state index in [-0.39, 0.29) is 0 Å². The zero-order valence-electron chi connectivity index (χ0n) is 16.9. The lowest BCUT2D eigenvalue weighted by Crippen LogP contribution is -2.29. The Balaban J connectivity index is 1.34. The maximum atomic E-state index is 6.56. The second-order valence-corrected chi connectivity index (χ2v) is 8.42. The van der Waals surface area contributed by atoms with Crippen LogP contribution in [0.3, 0.4) is 0 Å². The molecule has 1 heterocycles. The first-order chi connectivity index (χ1) is 14.7. The van der Waals surface area contributed by atoms with Gasteiger partial charge >= 0.3 is 0 Å². The number of nitrogens with zero attached hydrogens (tertiary/aromatic N) is 1. The number of ether oxygens (including phenoxy) is 1. The summed E-state index contributed by atoms with van der Waals surface area (Å²) < 4.78 is 5.85. The molecule has 0 aliphatic carbocycles. The number of hydrogen-bond acceptors (Lipinski definition) is 3. The lowest BCUT2D eigenvalue weighted by molar-refractivity contribution is 0.306. The van der Waals surface area contributed by atoms with Gasteiger partial charge in [-0.25, -0.2) is 0 Å². The van der Waals surface area contributed by atoms with Crippen molar-refractivity contribution in [2.75, 3.05) is 23.3 Å². The van der Waals surface area contributed by atoms with E-state index >= 15 is 0 Å². The Labute approximate surface area is 188 Å². The summed E-state index contributed by atoms with van der Waals surface area (Å²) in [6.07, 6.45) is 3.79. The van der Waals surface area contributed by atoms with Crippen LogP contribution >= 0.6 is 23.2 Å². The SMILES string of the molecule is Clc1cc(CNc2ccc(N3CCCCC3)c(Cl)c2)ccc1OCc1ccccc1. The van der Waals surface area contributed by atoms with E-state index in [0.29, 0.717) is 23.9 Å². The second-order valence-electron chi connectivity index (χ2n) is 7.61. The molecule has 5 heteroatoms. The normalized spacial score (nSPS) is 13.9. The Bertz CT molecular complexity index is 972. The van der Waals surface area contributed by atoms with E-state index < -0.39 is 0 Å². The molecule has 0 radical (unpaired) electrons. The number of piperidine rings is 1. The molecule has 0 aromatic heterocycles. The molecule has 0 atom stereocenters. The van der Waals surface area contributed by atoms with Crippen LogP contribution in [0, 0.1) is 0 Å². The Morgan fingerprint density at radius 3 is 2.33 bits per heavy atom. The van der Waals surface area contributed by atoms with Gasteiger partial charge in [0.1, 0.15) is 12.4 Å². The first-order valence-electron chi connectivity index (χ1n) is 10.4. The average molecular weight is 441 g/mol. The first-order valence-corrected chi connectivity index (χ1v) is 11.2. The molecular weight excluding hydrogens is 415 g/mol. The highest BCUT2D eigenvalue weighted by molar-refractivity contribution is 6.33. The third-order valence-corrected chi connectivity index (χ3v) is 5.97. The zero-order valence-corrected chi connectivity index (χ0v) is 18.4. The molecule has 1 aliphatic rings. The zero-order chi connectivity index (χ0) is 20.8. The van der Waals surface area contributed by atoms with E-state index in [1.54, 1.807) is 0 Å². The lowest BCUT2D eigenvalue weighted by Gasteiger charge is -2.29. The molecule has 1 aliphatic heterocycles. The maximum Gasteiger partial charge on any atom is 0.138 e. The molecule has 30 heavy (non-hydrogen) atoms. The summed E-state index contributed by atoms with van der Waals surface area (Å²) in [5, 5.41) is 4.84. The quantitative estimate of drug-likeness (QED) is 0.421. The van der Waals surface area contributed by atoms with Gasteiger partial charge in [-0.05, 0) is 60.7 Å². The number of rotatable bonds is 7. The van der Waals surface area contributed by atoms with Crippen molar-refractivity contribution in [3.8, 4) is 5.75 Å². The fourth-order valence-electron chi connectivity index (χ4n) is 3.72. The van der Waals surface area contributed by atoms with Crippen LogP contribution < -0.4 is 15.0 Å². The smallest absolute Gasteiger partial charge is 0.138 e. The summed E-state index contributed by atoms with van der Waals surface area (Å²) in [5.74, 6) is 0.693. The fourth-order valence-corrected chi connectivity index (χ4v) is 4.28. The van der Waals surface area contributed by atoms with Crippen molar-refractivity contribution in [3.05, 3.63) is 87.9 Å². The van der Waals surface area contributed by atoms with E-state index in [2.05, 4.69) is 22.3 Å². The molecule has 156 valence electrons. The highest BCUT2D eigenvalue weighted by atomic mass is 35.5. The minimum atomic E-state index is 0.500. The summed E-state index contributed by atoms with van der Waals surface area (Å²) in [6, 6.07) is 22.2. The molecule has 0 bridgehead atoms. The summed E-state index contributed by atoms with van der Waals surface area (Å²) >= 11 is 13.0. The van der Waals surface area contributed by atoms with Crippen LogP contribution in [0.5, 0.6) is 5.75 Å². The van der Waals surface area contributed by atoms with Crippen LogP contribution in [0.4, 0.5) is 11.4 Å². The van der Waals surface area contributed by atoms with E-state index in [0.717, 1.165) is 40.6 Å². The van der Waals surface area contributed by atoms with Gasteiger partial charge < -0.3 is 15.0 Å². The summed E-state index contributed by atoms with van der Waals surface area (Å²) in [6.45, 7) is 3.34. The Morgan fingerprint density at radius 1 is 0.800 bits per heavy atom. The van der Waals surface area contributed by atoms with E-state index in [9.17, 15) is 0 Å². The monoisotopic (exact) mass is 440 g/mol. The van der Waals surface area contributed by atoms with Crippen molar-refractivity contribution in [2.24, 2.45) is 0 Å². The topological polar surface area (TPSA) is 24.5 Å². The minimum absolute atomic E-state index is 0.500. The van der Waals surface area contributed by atoms with Gasteiger partial charge in [0, 0.05) is 25.3 Å². The van der Waals surface area contributed by atoms with Crippen molar-refractivity contribution in [1.29, 1.82) is 0 Å². The Hall–Kier alpha value is -2.36. The van der Waals surface area contributed by atoms with Crippen LogP contribution in [-0.2, 0) is 13.2 Å². The van der Waals surface area contributed by atoms with Crippen LogP contribution in [0.2, 0.25) is 10.0 Å². The van der Waals surface area contributed by atoms with Crippen LogP contribution in [0.1, 0.15) is 30.4 Å². The van der Waals surface area contributed by atoms with Gasteiger partial charge in [0.2, 0.25) is 0 Å². The molecule has 1 saturated heterocycles. The summed E-state index contributed by atoms with van der Waals surface area (Å²) in [5.41, 5.74) is 4.33. The molecule has 1 fully saturated rings. The molecule has 3 nitrogen and oxygen atoms in total. The summed E-state index contributed by atoms with van der Waals surface area (Å²) in [4.78, 5) is 2.38. The Morgan fingerprint density at radius 2 is 1.60 bits per heavy atom. The fraction of sp³-hybridized carbons (Fsp3) is 0.280. The van der Waals surface area contributed by atoms with Crippen LogP contribution in [0.15, 0.2) is 66.7 Å². The molecule has 0 spiro atoms. The van der Waals surface area contributed by atoms with Crippen molar-refractivity contribution in [1.82, 2.24) is 0 Å². The highest BCUT2D eigenvalue weighted by Gasteiger charge is 2.14. The molecule has 3 aromatic carbocycles. The molecule has 0 saturated carbocycles. The average Bonchev–Trinajstić information content (AvgIpc) is 2.78. The van der Waals surface area contributed by atoms with Gasteiger partial charge in [-0.15, -0.1) is 0 Å². The number of nitrogens with one attached hydrogen (secondary N) is 1. The predicted molar refractivity (Wildman–Crippen MR) is 127 cm³/mol. The molecule has 0 amide bonds. The molecule has 4 rings (SSSR count). The second kappa shape index (κ2) is 10.1. The van der Waals surface area contributed by atoms with Crippen molar-refractivity contribution in [2.45, 2.75) is 32.4 Å². The standard InChI is InChI=1S/C25H26Cl2N2O/c26-22-16-21(10-11-24(22)29-13-5-2-6-14-29)28-17-20-9-12-25(23(27)15-20)30-18-19-7-3-1-4-8-19/h1,3-4,7-12,15-16,28H,2,5-6,13-14,17-18H2. The minimum Gasteiger partial charge on any atom is -0.487 e.